The van der Waals surface area contributed by atoms with Crippen LogP contribution < -0.4 is 15.4 Å². The predicted octanol–water partition coefficient (Wildman–Crippen LogP) is 0.233. The lowest BCUT2D eigenvalue weighted by molar-refractivity contribution is -0.152. The Hall–Kier alpha value is -2.33. The van der Waals surface area contributed by atoms with Crippen molar-refractivity contribution < 1.29 is 27.5 Å². The number of esters is 1. The van der Waals surface area contributed by atoms with Crippen LogP contribution in [0.25, 0.3) is 0 Å². The third-order valence-electron chi connectivity index (χ3n) is 2.69. The Morgan fingerprint density at radius 1 is 1.38 bits per heavy atom. The van der Waals surface area contributed by atoms with E-state index < -0.39 is 40.6 Å². The number of halogens is 1. The molecule has 0 aliphatic heterocycles. The molecular weight excluding hydrogens is 362 g/mol. The molecule has 0 aliphatic carbocycles. The third-order valence-corrected chi connectivity index (χ3v) is 4.07. The molecule has 0 bridgehead atoms. The number of ether oxygens (including phenoxy) is 1. The summed E-state index contributed by atoms with van der Waals surface area (Å²) >= 11 is 5.82. The molecule has 3 N–H and O–H groups in total. The lowest BCUT2D eigenvalue weighted by Gasteiger charge is -2.22. The van der Waals surface area contributed by atoms with Crippen molar-refractivity contribution in [2.45, 2.75) is 13.0 Å². The summed E-state index contributed by atoms with van der Waals surface area (Å²) in [5, 5.41) is 2.03. The first kappa shape index (κ1) is 19.7. The van der Waals surface area contributed by atoms with E-state index in [1.165, 1.54) is 25.1 Å². The molecule has 0 spiro atoms. The summed E-state index contributed by atoms with van der Waals surface area (Å²) in [5.74, 6) is -1.92. The predicted molar refractivity (Wildman–Crippen MR) is 86.9 cm³/mol. The fraction of sp³-hybridized carbons (Fsp3) is 0.308. The van der Waals surface area contributed by atoms with Crippen LogP contribution in [-0.2, 0) is 24.3 Å². The molecule has 0 radical (unpaired) electrons. The van der Waals surface area contributed by atoms with E-state index in [0.29, 0.717) is 0 Å². The normalized spacial score (nSPS) is 12.1. The van der Waals surface area contributed by atoms with Crippen LogP contribution in [0.2, 0.25) is 5.02 Å². The molecule has 0 unspecified atom stereocenters. The van der Waals surface area contributed by atoms with Crippen LogP contribution in [-0.4, -0.2) is 45.2 Å². The van der Waals surface area contributed by atoms with Gasteiger partial charge in [-0.2, -0.15) is 0 Å². The van der Waals surface area contributed by atoms with Crippen LogP contribution in [0.3, 0.4) is 0 Å². The number of sulfonamides is 1. The van der Waals surface area contributed by atoms with Crippen LogP contribution in [0.5, 0.6) is 0 Å². The Morgan fingerprint density at radius 2 is 2.00 bits per heavy atom. The molecular formula is C13H16ClN3O6S. The summed E-state index contributed by atoms with van der Waals surface area (Å²) in [4.78, 5) is 33.9. The maximum absolute atomic E-state index is 11.9. The van der Waals surface area contributed by atoms with Crippen LogP contribution in [0, 0.1) is 0 Å². The van der Waals surface area contributed by atoms with E-state index in [1.807, 2.05) is 0 Å². The first-order valence-electron chi connectivity index (χ1n) is 6.53. The third kappa shape index (κ3) is 6.05. The lowest BCUT2D eigenvalue weighted by Crippen LogP contribution is -2.44. The van der Waals surface area contributed by atoms with Crippen LogP contribution >= 0.6 is 11.6 Å². The van der Waals surface area contributed by atoms with Gasteiger partial charge in [0.05, 0.1) is 11.9 Å². The number of urea groups is 1. The Balaban J connectivity index is 2.87. The van der Waals surface area contributed by atoms with E-state index >= 15 is 0 Å². The summed E-state index contributed by atoms with van der Waals surface area (Å²) in [6.07, 6.45) is -0.421. The van der Waals surface area contributed by atoms with Crippen LogP contribution in [0.4, 0.5) is 10.5 Å². The molecule has 24 heavy (non-hydrogen) atoms. The second-order valence-corrected chi connectivity index (χ2v) is 7.08. The standard InChI is InChI=1S/C13H16ClN3O6S/c1-8(12(19)16-13(15)20)23-11(18)7-17(24(2,21)22)10-5-3-4-9(14)6-10/h3-6,8H,7H2,1-2H3,(H3,15,16,19,20)/t8-/m1/s1. The second kappa shape index (κ2) is 7.97. The first-order valence-corrected chi connectivity index (χ1v) is 8.76. The number of hydrogen-bond acceptors (Lipinski definition) is 6. The second-order valence-electron chi connectivity index (χ2n) is 4.74. The fourth-order valence-corrected chi connectivity index (χ4v) is 2.68. The molecule has 0 aromatic heterocycles. The fourth-order valence-electron chi connectivity index (χ4n) is 1.66. The van der Waals surface area contributed by atoms with Gasteiger partial charge in [0, 0.05) is 5.02 Å². The maximum Gasteiger partial charge on any atom is 0.327 e. The quantitative estimate of drug-likeness (QED) is 0.681. The minimum atomic E-state index is -3.81. The largest absolute Gasteiger partial charge is 0.451 e. The molecule has 0 saturated carbocycles. The monoisotopic (exact) mass is 377 g/mol. The van der Waals surface area contributed by atoms with Gasteiger partial charge in [-0.15, -0.1) is 0 Å². The number of nitrogens with two attached hydrogens (primary N) is 1. The van der Waals surface area contributed by atoms with Gasteiger partial charge >= 0.3 is 12.0 Å². The van der Waals surface area contributed by atoms with Gasteiger partial charge in [0.25, 0.3) is 5.91 Å². The van der Waals surface area contributed by atoms with E-state index in [-0.39, 0.29) is 10.7 Å². The van der Waals surface area contributed by atoms with Gasteiger partial charge in [-0.3, -0.25) is 19.2 Å². The van der Waals surface area contributed by atoms with E-state index in [2.05, 4.69) is 0 Å². The molecule has 11 heteroatoms. The summed E-state index contributed by atoms with van der Waals surface area (Å²) in [7, 11) is -3.81. The number of primary amides is 1. The maximum atomic E-state index is 11.9. The first-order chi connectivity index (χ1) is 11.0. The molecule has 1 rings (SSSR count). The van der Waals surface area contributed by atoms with Crippen molar-refractivity contribution >= 4 is 45.2 Å². The van der Waals surface area contributed by atoms with Crippen LogP contribution in [0.15, 0.2) is 24.3 Å². The molecule has 3 amide bonds. The summed E-state index contributed by atoms with van der Waals surface area (Å²) < 4.78 is 29.3. The van der Waals surface area contributed by atoms with Crippen molar-refractivity contribution in [1.82, 2.24) is 5.32 Å². The minimum Gasteiger partial charge on any atom is -0.451 e. The SMILES string of the molecule is C[C@@H](OC(=O)CN(c1cccc(Cl)c1)S(C)(=O)=O)C(=O)NC(N)=O. The summed E-state index contributed by atoms with van der Waals surface area (Å²) in [5.41, 5.74) is 4.94. The zero-order chi connectivity index (χ0) is 18.5. The molecule has 0 heterocycles. The van der Waals surface area contributed by atoms with Crippen molar-refractivity contribution in [2.75, 3.05) is 17.1 Å². The van der Waals surface area contributed by atoms with Gasteiger partial charge in [-0.1, -0.05) is 17.7 Å². The van der Waals surface area contributed by atoms with Crippen molar-refractivity contribution in [3.63, 3.8) is 0 Å². The number of amides is 3. The van der Waals surface area contributed by atoms with Gasteiger partial charge in [0.15, 0.2) is 6.10 Å². The number of rotatable bonds is 6. The topological polar surface area (TPSA) is 136 Å². The van der Waals surface area contributed by atoms with E-state index in [0.717, 1.165) is 10.6 Å². The average molecular weight is 378 g/mol. The van der Waals surface area contributed by atoms with E-state index in [1.54, 1.807) is 11.4 Å². The highest BCUT2D eigenvalue weighted by molar-refractivity contribution is 7.92. The minimum absolute atomic E-state index is 0.163. The molecule has 132 valence electrons. The van der Waals surface area contributed by atoms with Crippen molar-refractivity contribution in [3.05, 3.63) is 29.3 Å². The zero-order valence-electron chi connectivity index (χ0n) is 12.9. The smallest absolute Gasteiger partial charge is 0.327 e. The van der Waals surface area contributed by atoms with Gasteiger partial charge in [0.1, 0.15) is 6.54 Å². The molecule has 0 aliphatic rings. The van der Waals surface area contributed by atoms with E-state index in [9.17, 15) is 22.8 Å². The number of anilines is 1. The highest BCUT2D eigenvalue weighted by Gasteiger charge is 2.25. The molecule has 1 aromatic carbocycles. The number of benzene rings is 1. The number of hydrogen-bond donors (Lipinski definition) is 2. The van der Waals surface area contributed by atoms with Crippen molar-refractivity contribution in [3.8, 4) is 0 Å². The average Bonchev–Trinajstić information content (AvgIpc) is 2.42. The van der Waals surface area contributed by atoms with Gasteiger partial charge < -0.3 is 10.5 Å². The number of carbonyl (C=O) groups excluding carboxylic acids is 3. The Kier molecular flexibility index (Phi) is 6.55. The molecule has 0 saturated heterocycles. The summed E-state index contributed by atoms with van der Waals surface area (Å²) in [6, 6.07) is 4.77. The molecule has 1 atom stereocenters. The summed E-state index contributed by atoms with van der Waals surface area (Å²) in [6.45, 7) is 0.535. The van der Waals surface area contributed by atoms with Gasteiger partial charge in [0.2, 0.25) is 10.0 Å². The highest BCUT2D eigenvalue weighted by Crippen LogP contribution is 2.21. The molecule has 9 nitrogen and oxygen atoms in total. The number of nitrogens with one attached hydrogen (secondary N) is 1. The van der Waals surface area contributed by atoms with Crippen molar-refractivity contribution in [2.24, 2.45) is 5.73 Å². The lowest BCUT2D eigenvalue weighted by atomic mass is 10.3. The van der Waals surface area contributed by atoms with Gasteiger partial charge in [-0.05, 0) is 25.1 Å². The van der Waals surface area contributed by atoms with E-state index in [4.69, 9.17) is 22.1 Å². The van der Waals surface area contributed by atoms with Crippen molar-refractivity contribution in [1.29, 1.82) is 0 Å². The van der Waals surface area contributed by atoms with Crippen LogP contribution in [0.1, 0.15) is 6.92 Å². The Morgan fingerprint density at radius 3 is 2.50 bits per heavy atom. The molecule has 1 aromatic rings. The number of nitrogens with zero attached hydrogens (tertiary/aromatic N) is 1. The zero-order valence-corrected chi connectivity index (χ0v) is 14.4. The molecule has 0 fully saturated rings. The van der Waals surface area contributed by atoms with Gasteiger partial charge in [-0.25, -0.2) is 13.2 Å². The number of carbonyl (C=O) groups is 3. The number of imide groups is 1. The highest BCUT2D eigenvalue weighted by atomic mass is 35.5. The Bertz CT molecular complexity index is 752. The Labute approximate surface area is 143 Å².